The summed E-state index contributed by atoms with van der Waals surface area (Å²) in [7, 11) is 0. The zero-order valence-electron chi connectivity index (χ0n) is 10.6. The third-order valence-corrected chi connectivity index (χ3v) is 3.15. The fourth-order valence-corrected chi connectivity index (χ4v) is 2.09. The number of hydrogen-bond donors (Lipinski definition) is 1. The molecule has 2 aromatic rings. The standard InChI is InChI=1S/C15H18N2/c1-10-6-7-11(2)14(9-10)15(16)13-5-4-8-17-12(13)3/h4-9,15H,16H2,1-3H3. The van der Waals surface area contributed by atoms with Crippen LogP contribution in [0.5, 0.6) is 0 Å². The van der Waals surface area contributed by atoms with Crippen molar-refractivity contribution in [1.82, 2.24) is 4.98 Å². The third-order valence-electron chi connectivity index (χ3n) is 3.15. The summed E-state index contributed by atoms with van der Waals surface area (Å²) in [6.45, 7) is 6.19. The molecule has 0 amide bonds. The summed E-state index contributed by atoms with van der Waals surface area (Å²) in [5.41, 5.74) is 12.1. The molecule has 0 saturated heterocycles. The Morgan fingerprint density at radius 1 is 1.06 bits per heavy atom. The Balaban J connectivity index is 2.47. The molecule has 1 aromatic heterocycles. The predicted octanol–water partition coefficient (Wildman–Crippen LogP) is 3.05. The predicted molar refractivity (Wildman–Crippen MR) is 70.9 cm³/mol. The second-order valence-corrected chi connectivity index (χ2v) is 4.52. The summed E-state index contributed by atoms with van der Waals surface area (Å²) in [4.78, 5) is 4.30. The first-order chi connectivity index (χ1) is 8.09. The zero-order valence-corrected chi connectivity index (χ0v) is 10.6. The highest BCUT2D eigenvalue weighted by Crippen LogP contribution is 2.24. The van der Waals surface area contributed by atoms with Crippen LogP contribution in [-0.2, 0) is 0 Å². The quantitative estimate of drug-likeness (QED) is 0.854. The van der Waals surface area contributed by atoms with Gasteiger partial charge in [0.05, 0.1) is 6.04 Å². The van der Waals surface area contributed by atoms with Crippen molar-refractivity contribution in [3.63, 3.8) is 0 Å². The highest BCUT2D eigenvalue weighted by atomic mass is 14.7. The van der Waals surface area contributed by atoms with E-state index in [1.807, 2.05) is 13.0 Å². The van der Waals surface area contributed by atoms with E-state index < -0.39 is 0 Å². The van der Waals surface area contributed by atoms with Crippen LogP contribution in [0.15, 0.2) is 36.5 Å². The molecule has 1 unspecified atom stereocenters. The summed E-state index contributed by atoms with van der Waals surface area (Å²) in [5.74, 6) is 0. The van der Waals surface area contributed by atoms with Crippen molar-refractivity contribution in [2.45, 2.75) is 26.8 Å². The van der Waals surface area contributed by atoms with Crippen molar-refractivity contribution in [1.29, 1.82) is 0 Å². The van der Waals surface area contributed by atoms with Crippen LogP contribution in [0.3, 0.4) is 0 Å². The average molecular weight is 226 g/mol. The maximum Gasteiger partial charge on any atom is 0.0572 e. The minimum absolute atomic E-state index is 0.0939. The van der Waals surface area contributed by atoms with Crippen LogP contribution < -0.4 is 5.73 Å². The number of rotatable bonds is 2. The van der Waals surface area contributed by atoms with Crippen LogP contribution in [0.2, 0.25) is 0 Å². The van der Waals surface area contributed by atoms with Crippen LogP contribution in [-0.4, -0.2) is 4.98 Å². The van der Waals surface area contributed by atoms with Gasteiger partial charge in [-0.3, -0.25) is 4.98 Å². The van der Waals surface area contributed by atoms with Crippen LogP contribution in [0, 0.1) is 20.8 Å². The van der Waals surface area contributed by atoms with E-state index in [0.29, 0.717) is 0 Å². The first kappa shape index (κ1) is 11.8. The maximum atomic E-state index is 6.35. The van der Waals surface area contributed by atoms with E-state index in [4.69, 9.17) is 5.73 Å². The SMILES string of the molecule is Cc1ccc(C)c(C(N)c2cccnc2C)c1. The second kappa shape index (κ2) is 4.68. The van der Waals surface area contributed by atoms with Gasteiger partial charge < -0.3 is 5.73 Å². The fraction of sp³-hybridized carbons (Fsp3) is 0.267. The molecule has 2 nitrogen and oxygen atoms in total. The van der Waals surface area contributed by atoms with Crippen molar-refractivity contribution in [3.05, 3.63) is 64.5 Å². The molecule has 0 aliphatic heterocycles. The molecule has 0 bridgehead atoms. The van der Waals surface area contributed by atoms with Gasteiger partial charge in [0.25, 0.3) is 0 Å². The van der Waals surface area contributed by atoms with Gasteiger partial charge in [-0.05, 0) is 43.5 Å². The van der Waals surface area contributed by atoms with Crippen molar-refractivity contribution >= 4 is 0 Å². The molecule has 88 valence electrons. The highest BCUT2D eigenvalue weighted by Gasteiger charge is 2.13. The number of aromatic nitrogens is 1. The zero-order chi connectivity index (χ0) is 12.4. The largest absolute Gasteiger partial charge is 0.320 e. The number of pyridine rings is 1. The third kappa shape index (κ3) is 2.37. The van der Waals surface area contributed by atoms with E-state index in [1.165, 1.54) is 16.7 Å². The normalized spacial score (nSPS) is 12.5. The van der Waals surface area contributed by atoms with E-state index in [0.717, 1.165) is 11.3 Å². The first-order valence-corrected chi connectivity index (χ1v) is 5.84. The van der Waals surface area contributed by atoms with Crippen LogP contribution in [0.4, 0.5) is 0 Å². The Bertz CT molecular complexity index is 532. The van der Waals surface area contributed by atoms with Gasteiger partial charge in [-0.1, -0.05) is 29.8 Å². The van der Waals surface area contributed by atoms with Gasteiger partial charge in [0.1, 0.15) is 0 Å². The Kier molecular flexibility index (Phi) is 3.25. The van der Waals surface area contributed by atoms with Gasteiger partial charge in [-0.15, -0.1) is 0 Å². The minimum Gasteiger partial charge on any atom is -0.320 e. The molecule has 2 rings (SSSR count). The number of aryl methyl sites for hydroxylation is 3. The number of hydrogen-bond acceptors (Lipinski definition) is 2. The van der Waals surface area contributed by atoms with Crippen molar-refractivity contribution in [3.8, 4) is 0 Å². The van der Waals surface area contributed by atoms with Crippen molar-refractivity contribution in [2.24, 2.45) is 5.73 Å². The lowest BCUT2D eigenvalue weighted by Gasteiger charge is -2.17. The van der Waals surface area contributed by atoms with Crippen molar-refractivity contribution in [2.75, 3.05) is 0 Å². The maximum absolute atomic E-state index is 6.35. The summed E-state index contributed by atoms with van der Waals surface area (Å²) in [6.07, 6.45) is 1.80. The molecule has 0 aliphatic carbocycles. The second-order valence-electron chi connectivity index (χ2n) is 4.52. The Labute approximate surface area is 103 Å². The Hall–Kier alpha value is -1.67. The van der Waals surface area contributed by atoms with Gasteiger partial charge in [0.2, 0.25) is 0 Å². The molecule has 0 fully saturated rings. The van der Waals surface area contributed by atoms with E-state index in [-0.39, 0.29) is 6.04 Å². The van der Waals surface area contributed by atoms with E-state index in [1.54, 1.807) is 6.20 Å². The molecule has 0 aliphatic rings. The molecule has 2 N–H and O–H groups in total. The summed E-state index contributed by atoms with van der Waals surface area (Å²) in [5, 5.41) is 0. The lowest BCUT2D eigenvalue weighted by atomic mass is 9.94. The monoisotopic (exact) mass is 226 g/mol. The first-order valence-electron chi connectivity index (χ1n) is 5.84. The van der Waals surface area contributed by atoms with Crippen molar-refractivity contribution < 1.29 is 0 Å². The number of nitrogens with two attached hydrogens (primary N) is 1. The van der Waals surface area contributed by atoms with Gasteiger partial charge >= 0.3 is 0 Å². The molecule has 1 atom stereocenters. The summed E-state index contributed by atoms with van der Waals surface area (Å²) >= 11 is 0. The molecule has 1 aromatic carbocycles. The minimum atomic E-state index is -0.0939. The van der Waals surface area contributed by atoms with Gasteiger partial charge in [-0.25, -0.2) is 0 Å². The molecule has 2 heteroatoms. The van der Waals surface area contributed by atoms with Crippen LogP contribution in [0.1, 0.15) is 34.0 Å². The van der Waals surface area contributed by atoms with Gasteiger partial charge in [0, 0.05) is 11.9 Å². The molecule has 0 radical (unpaired) electrons. The smallest absolute Gasteiger partial charge is 0.0572 e. The molecule has 1 heterocycles. The van der Waals surface area contributed by atoms with E-state index in [2.05, 4.69) is 43.1 Å². The van der Waals surface area contributed by atoms with Crippen LogP contribution >= 0.6 is 0 Å². The average Bonchev–Trinajstić information content (AvgIpc) is 2.32. The number of benzene rings is 1. The molecular weight excluding hydrogens is 208 g/mol. The van der Waals surface area contributed by atoms with Crippen LogP contribution in [0.25, 0.3) is 0 Å². The molecular formula is C15H18N2. The van der Waals surface area contributed by atoms with E-state index >= 15 is 0 Å². The summed E-state index contributed by atoms with van der Waals surface area (Å²) in [6, 6.07) is 10.3. The highest BCUT2D eigenvalue weighted by molar-refractivity contribution is 5.39. The Morgan fingerprint density at radius 3 is 2.53 bits per heavy atom. The van der Waals surface area contributed by atoms with Gasteiger partial charge in [0.15, 0.2) is 0 Å². The Morgan fingerprint density at radius 2 is 1.82 bits per heavy atom. The summed E-state index contributed by atoms with van der Waals surface area (Å²) < 4.78 is 0. The fourth-order valence-electron chi connectivity index (χ4n) is 2.09. The van der Waals surface area contributed by atoms with Gasteiger partial charge in [-0.2, -0.15) is 0 Å². The lowest BCUT2D eigenvalue weighted by molar-refractivity contribution is 0.838. The lowest BCUT2D eigenvalue weighted by Crippen LogP contribution is -2.15. The topological polar surface area (TPSA) is 38.9 Å². The van der Waals surface area contributed by atoms with E-state index in [9.17, 15) is 0 Å². The number of nitrogens with zero attached hydrogens (tertiary/aromatic N) is 1. The molecule has 0 saturated carbocycles. The molecule has 17 heavy (non-hydrogen) atoms. The molecule has 0 spiro atoms.